The highest BCUT2D eigenvalue weighted by Crippen LogP contribution is 2.44. The Hall–Kier alpha value is -3.39. The van der Waals surface area contributed by atoms with Gasteiger partial charge in [0.15, 0.2) is 6.10 Å². The molecule has 0 radical (unpaired) electrons. The Kier molecular flexibility index (Phi) is 7.83. The molecule has 32 heavy (non-hydrogen) atoms. The first kappa shape index (κ1) is 23.3. The van der Waals surface area contributed by atoms with Crippen molar-refractivity contribution in [2.75, 3.05) is 20.3 Å². The van der Waals surface area contributed by atoms with Crippen molar-refractivity contribution in [1.82, 2.24) is 10.6 Å². The summed E-state index contributed by atoms with van der Waals surface area (Å²) in [5.74, 6) is -1.40. The average molecular weight is 440 g/mol. The number of amides is 2. The Labute approximate surface area is 186 Å². The van der Waals surface area contributed by atoms with Gasteiger partial charge in [-0.1, -0.05) is 48.5 Å². The highest BCUT2D eigenvalue weighted by molar-refractivity contribution is 5.79. The molecule has 2 aromatic carbocycles. The van der Waals surface area contributed by atoms with E-state index < -0.39 is 24.2 Å². The van der Waals surface area contributed by atoms with Crippen LogP contribution in [0.5, 0.6) is 0 Å². The van der Waals surface area contributed by atoms with E-state index >= 15 is 0 Å². The molecule has 1 aliphatic rings. The molecule has 2 aromatic rings. The van der Waals surface area contributed by atoms with Gasteiger partial charge in [0.05, 0.1) is 0 Å². The van der Waals surface area contributed by atoms with Gasteiger partial charge in [-0.05, 0) is 29.2 Å². The largest absolute Gasteiger partial charge is 0.479 e. The number of carbonyl (C=O) groups is 3. The molecule has 1 unspecified atom stereocenters. The van der Waals surface area contributed by atoms with Crippen LogP contribution in [0.25, 0.3) is 11.1 Å². The second-order valence-electron chi connectivity index (χ2n) is 7.78. The number of fused-ring (bicyclic) bond motifs is 3. The van der Waals surface area contributed by atoms with Crippen LogP contribution in [0.15, 0.2) is 48.5 Å². The summed E-state index contributed by atoms with van der Waals surface area (Å²) in [6.07, 6.45) is -1.34. The smallest absolute Gasteiger partial charge is 0.407 e. The summed E-state index contributed by atoms with van der Waals surface area (Å²) < 4.78 is 10.3. The van der Waals surface area contributed by atoms with Crippen LogP contribution >= 0.6 is 0 Å². The maximum atomic E-state index is 12.3. The number of carbonyl (C=O) groups excluding carboxylic acids is 2. The van der Waals surface area contributed by atoms with Gasteiger partial charge in [0.2, 0.25) is 5.91 Å². The van der Waals surface area contributed by atoms with E-state index in [9.17, 15) is 14.4 Å². The molecule has 0 bridgehead atoms. The van der Waals surface area contributed by atoms with E-state index in [1.54, 1.807) is 6.92 Å². The first-order chi connectivity index (χ1) is 15.4. The molecule has 2 amide bonds. The van der Waals surface area contributed by atoms with Crippen LogP contribution < -0.4 is 10.6 Å². The van der Waals surface area contributed by atoms with E-state index in [0.717, 1.165) is 22.3 Å². The van der Waals surface area contributed by atoms with Gasteiger partial charge in [0, 0.05) is 38.5 Å². The molecule has 0 saturated carbocycles. The second kappa shape index (κ2) is 10.8. The van der Waals surface area contributed by atoms with Gasteiger partial charge in [-0.15, -0.1) is 0 Å². The van der Waals surface area contributed by atoms with Crippen molar-refractivity contribution in [1.29, 1.82) is 0 Å². The Balaban J connectivity index is 1.45. The summed E-state index contributed by atoms with van der Waals surface area (Å²) in [6, 6.07) is 15.7. The lowest BCUT2D eigenvalue weighted by atomic mass is 9.98. The van der Waals surface area contributed by atoms with E-state index in [2.05, 4.69) is 22.8 Å². The van der Waals surface area contributed by atoms with Crippen molar-refractivity contribution in [2.24, 2.45) is 0 Å². The van der Waals surface area contributed by atoms with E-state index in [1.807, 2.05) is 36.4 Å². The van der Waals surface area contributed by atoms with Gasteiger partial charge in [0.25, 0.3) is 0 Å². The third-order valence-electron chi connectivity index (χ3n) is 5.49. The standard InChI is InChI=1S/C24H28N2O6/c1-15(13-22(27)25-12-11-21(31-2)23(28)29)26-24(30)32-14-20-18-9-5-3-7-16(18)17-8-4-6-10-19(17)20/h3-10,15,20-21H,11-14H2,1-2H3,(H,25,27)(H,26,30)(H,28,29)/t15-,21?/m1/s1. The monoisotopic (exact) mass is 440 g/mol. The molecule has 170 valence electrons. The first-order valence-corrected chi connectivity index (χ1v) is 10.5. The third-order valence-corrected chi connectivity index (χ3v) is 5.49. The van der Waals surface area contributed by atoms with Gasteiger partial charge in [-0.2, -0.15) is 0 Å². The Morgan fingerprint density at radius 3 is 2.19 bits per heavy atom. The fraction of sp³-hybridized carbons (Fsp3) is 0.375. The molecule has 1 aliphatic carbocycles. The SMILES string of the molecule is COC(CCNC(=O)C[C@@H](C)NC(=O)OCC1c2ccccc2-c2ccccc21)C(=O)O. The zero-order chi connectivity index (χ0) is 23.1. The zero-order valence-corrected chi connectivity index (χ0v) is 18.2. The van der Waals surface area contributed by atoms with Crippen LogP contribution in [0.2, 0.25) is 0 Å². The number of hydrogen-bond donors (Lipinski definition) is 3. The van der Waals surface area contributed by atoms with Gasteiger partial charge < -0.3 is 25.2 Å². The van der Waals surface area contributed by atoms with Gasteiger partial charge in [-0.25, -0.2) is 9.59 Å². The van der Waals surface area contributed by atoms with Crippen molar-refractivity contribution in [3.8, 4) is 11.1 Å². The third kappa shape index (κ3) is 5.64. The molecule has 3 N–H and O–H groups in total. The number of aliphatic carboxylic acids is 1. The van der Waals surface area contributed by atoms with Crippen LogP contribution in [0.3, 0.4) is 0 Å². The molecule has 8 nitrogen and oxygen atoms in total. The minimum absolute atomic E-state index is 0.0327. The lowest BCUT2D eigenvalue weighted by molar-refractivity contribution is -0.149. The molecule has 0 spiro atoms. The normalized spacial score (nSPS) is 14.1. The molecule has 2 atom stereocenters. The average Bonchev–Trinajstić information content (AvgIpc) is 3.08. The molecule has 0 aromatic heterocycles. The molecule has 8 heteroatoms. The number of benzene rings is 2. The van der Waals surface area contributed by atoms with Gasteiger partial charge >= 0.3 is 12.1 Å². The summed E-state index contributed by atoms with van der Waals surface area (Å²) in [5.41, 5.74) is 4.57. The van der Waals surface area contributed by atoms with E-state index in [1.165, 1.54) is 7.11 Å². The quantitative estimate of drug-likeness (QED) is 0.524. The molecular formula is C24H28N2O6. The molecule has 0 saturated heterocycles. The van der Waals surface area contributed by atoms with Crippen LogP contribution in [0.4, 0.5) is 4.79 Å². The van der Waals surface area contributed by atoms with Crippen LogP contribution in [-0.4, -0.2) is 55.5 Å². The molecule has 3 rings (SSSR count). The lowest BCUT2D eigenvalue weighted by Crippen LogP contribution is -2.39. The van der Waals surface area contributed by atoms with Crippen molar-refractivity contribution < 1.29 is 29.0 Å². The van der Waals surface area contributed by atoms with E-state index in [4.69, 9.17) is 14.6 Å². The fourth-order valence-corrected chi connectivity index (χ4v) is 3.93. The highest BCUT2D eigenvalue weighted by Gasteiger charge is 2.29. The molecular weight excluding hydrogens is 412 g/mol. The van der Waals surface area contributed by atoms with Crippen molar-refractivity contribution in [3.63, 3.8) is 0 Å². The van der Waals surface area contributed by atoms with Crippen molar-refractivity contribution >= 4 is 18.0 Å². The number of carboxylic acids is 1. The molecule has 0 heterocycles. The predicted octanol–water partition coefficient (Wildman–Crippen LogP) is 2.91. The maximum Gasteiger partial charge on any atom is 0.407 e. The minimum atomic E-state index is -1.08. The van der Waals surface area contributed by atoms with Gasteiger partial charge in [-0.3, -0.25) is 4.79 Å². The summed E-state index contributed by atoms with van der Waals surface area (Å²) in [7, 11) is 1.31. The summed E-state index contributed by atoms with van der Waals surface area (Å²) in [4.78, 5) is 35.2. The second-order valence-corrected chi connectivity index (χ2v) is 7.78. The predicted molar refractivity (Wildman–Crippen MR) is 118 cm³/mol. The Bertz CT molecular complexity index is 931. The Morgan fingerprint density at radius 1 is 1.03 bits per heavy atom. The van der Waals surface area contributed by atoms with Gasteiger partial charge in [0.1, 0.15) is 6.61 Å². The molecule has 0 aliphatic heterocycles. The lowest BCUT2D eigenvalue weighted by Gasteiger charge is -2.17. The number of rotatable bonds is 10. The number of nitrogens with one attached hydrogen (secondary N) is 2. The summed E-state index contributed by atoms with van der Waals surface area (Å²) >= 11 is 0. The van der Waals surface area contributed by atoms with E-state index in [-0.39, 0.29) is 37.8 Å². The number of carboxylic acid groups (broad SMARTS) is 1. The summed E-state index contributed by atoms with van der Waals surface area (Å²) in [5, 5.41) is 14.2. The summed E-state index contributed by atoms with van der Waals surface area (Å²) in [6.45, 7) is 2.07. The highest BCUT2D eigenvalue weighted by atomic mass is 16.5. The minimum Gasteiger partial charge on any atom is -0.479 e. The number of ether oxygens (including phenoxy) is 2. The topological polar surface area (TPSA) is 114 Å². The van der Waals surface area contributed by atoms with Crippen LogP contribution in [-0.2, 0) is 19.1 Å². The number of methoxy groups -OCH3 is 1. The maximum absolute atomic E-state index is 12.3. The van der Waals surface area contributed by atoms with Crippen LogP contribution in [0.1, 0.15) is 36.8 Å². The fourth-order valence-electron chi connectivity index (χ4n) is 3.93. The van der Waals surface area contributed by atoms with Crippen molar-refractivity contribution in [2.45, 2.75) is 37.8 Å². The first-order valence-electron chi connectivity index (χ1n) is 10.5. The van der Waals surface area contributed by atoms with E-state index in [0.29, 0.717) is 0 Å². The number of hydrogen-bond acceptors (Lipinski definition) is 5. The number of alkyl carbamates (subject to hydrolysis) is 1. The van der Waals surface area contributed by atoms with Crippen molar-refractivity contribution in [3.05, 3.63) is 59.7 Å². The van der Waals surface area contributed by atoms with Crippen LogP contribution in [0, 0.1) is 0 Å². The molecule has 0 fully saturated rings. The Morgan fingerprint density at radius 2 is 1.62 bits per heavy atom. The zero-order valence-electron chi connectivity index (χ0n) is 18.2.